The van der Waals surface area contributed by atoms with Crippen LogP contribution in [0, 0.1) is 5.82 Å². The van der Waals surface area contributed by atoms with E-state index < -0.39 is 0 Å². The molecule has 98 valence electrons. The van der Waals surface area contributed by atoms with Crippen LogP contribution in [0.3, 0.4) is 0 Å². The molecular formula is C14H17ClFNO. The molecular weight excluding hydrogens is 253 g/mol. The van der Waals surface area contributed by atoms with Crippen molar-refractivity contribution in [3.8, 4) is 5.75 Å². The number of nitrogens with one attached hydrogen (secondary N) is 1. The van der Waals surface area contributed by atoms with Crippen LogP contribution in [-0.4, -0.2) is 12.6 Å². The van der Waals surface area contributed by atoms with Gasteiger partial charge in [0.05, 0.1) is 0 Å². The molecule has 1 aromatic rings. The first-order valence-corrected chi connectivity index (χ1v) is 6.53. The van der Waals surface area contributed by atoms with Gasteiger partial charge < -0.3 is 10.1 Å². The molecule has 0 bridgehead atoms. The topological polar surface area (TPSA) is 21.3 Å². The van der Waals surface area contributed by atoms with Crippen LogP contribution in [0.4, 0.5) is 4.39 Å². The molecule has 0 saturated heterocycles. The molecule has 0 aromatic heterocycles. The maximum Gasteiger partial charge on any atom is 0.165 e. The predicted octanol–water partition coefficient (Wildman–Crippen LogP) is 3.60. The van der Waals surface area contributed by atoms with Crippen molar-refractivity contribution in [3.63, 3.8) is 0 Å². The van der Waals surface area contributed by atoms with Crippen LogP contribution in [0.25, 0.3) is 0 Å². The fraction of sp³-hybridized carbons (Fsp3) is 0.429. The minimum atomic E-state index is -0.326. The molecule has 0 unspecified atom stereocenters. The molecule has 0 amide bonds. The number of ether oxygens (including phenoxy) is 1. The van der Waals surface area contributed by atoms with Crippen LogP contribution in [0.2, 0.25) is 0 Å². The number of halogens is 2. The molecule has 1 aliphatic rings. The van der Waals surface area contributed by atoms with Crippen molar-refractivity contribution in [2.45, 2.75) is 32.4 Å². The third kappa shape index (κ3) is 3.72. The normalized spacial score (nSPS) is 15.8. The van der Waals surface area contributed by atoms with Crippen LogP contribution >= 0.6 is 11.6 Å². The maximum absolute atomic E-state index is 13.7. The minimum Gasteiger partial charge on any atom is -0.486 e. The van der Waals surface area contributed by atoms with E-state index in [1.54, 1.807) is 6.07 Å². The largest absolute Gasteiger partial charge is 0.486 e. The van der Waals surface area contributed by atoms with Crippen molar-refractivity contribution in [2.24, 2.45) is 0 Å². The Morgan fingerprint density at radius 1 is 1.56 bits per heavy atom. The number of hydrogen-bond donors (Lipinski definition) is 1. The molecule has 0 heterocycles. The lowest BCUT2D eigenvalue weighted by molar-refractivity contribution is 0.327. The Hall–Kier alpha value is -1.06. The minimum absolute atomic E-state index is 0.306. The van der Waals surface area contributed by atoms with Crippen LogP contribution in [0.15, 0.2) is 29.3 Å². The average molecular weight is 270 g/mol. The van der Waals surface area contributed by atoms with Crippen molar-refractivity contribution in [3.05, 3.63) is 40.7 Å². The fourth-order valence-corrected chi connectivity index (χ4v) is 1.68. The van der Waals surface area contributed by atoms with Gasteiger partial charge in [0.25, 0.3) is 0 Å². The summed E-state index contributed by atoms with van der Waals surface area (Å²) in [5, 5.41) is 3.35. The maximum atomic E-state index is 13.7. The Labute approximate surface area is 112 Å². The van der Waals surface area contributed by atoms with E-state index in [9.17, 15) is 4.39 Å². The second-order valence-electron chi connectivity index (χ2n) is 4.63. The molecule has 1 saturated carbocycles. The Balaban J connectivity index is 2.04. The molecule has 1 aromatic carbocycles. The highest BCUT2D eigenvalue weighted by atomic mass is 35.5. The zero-order valence-electron chi connectivity index (χ0n) is 10.4. The molecule has 2 rings (SSSR count). The van der Waals surface area contributed by atoms with Gasteiger partial charge >= 0.3 is 0 Å². The monoisotopic (exact) mass is 269 g/mol. The first-order valence-electron chi connectivity index (χ1n) is 6.10. The summed E-state index contributed by atoms with van der Waals surface area (Å²) in [6.07, 6.45) is 2.42. The smallest absolute Gasteiger partial charge is 0.165 e. The van der Waals surface area contributed by atoms with Crippen molar-refractivity contribution < 1.29 is 9.13 Å². The fourth-order valence-electron chi connectivity index (χ4n) is 1.61. The number of para-hydroxylation sites is 1. The predicted molar refractivity (Wildman–Crippen MR) is 71.4 cm³/mol. The van der Waals surface area contributed by atoms with E-state index in [4.69, 9.17) is 16.3 Å². The van der Waals surface area contributed by atoms with Crippen LogP contribution in [0.5, 0.6) is 5.75 Å². The molecule has 1 aliphatic carbocycles. The summed E-state index contributed by atoms with van der Waals surface area (Å²) in [7, 11) is 0. The van der Waals surface area contributed by atoms with Crippen molar-refractivity contribution >= 4 is 11.6 Å². The van der Waals surface area contributed by atoms with Gasteiger partial charge in [-0.15, -0.1) is 0 Å². The third-order valence-electron chi connectivity index (χ3n) is 2.84. The number of rotatable bonds is 6. The van der Waals surface area contributed by atoms with Crippen molar-refractivity contribution in [2.75, 3.05) is 6.61 Å². The second-order valence-corrected chi connectivity index (χ2v) is 4.85. The van der Waals surface area contributed by atoms with Gasteiger partial charge in [-0.05, 0) is 31.4 Å². The van der Waals surface area contributed by atoms with E-state index in [2.05, 4.69) is 5.32 Å². The van der Waals surface area contributed by atoms with Gasteiger partial charge in [0, 0.05) is 23.7 Å². The molecule has 0 spiro atoms. The summed E-state index contributed by atoms with van der Waals surface area (Å²) >= 11 is 5.56. The highest BCUT2D eigenvalue weighted by molar-refractivity contribution is 6.25. The molecule has 0 radical (unpaired) electrons. The molecule has 0 aliphatic heterocycles. The van der Waals surface area contributed by atoms with Gasteiger partial charge in [-0.1, -0.05) is 23.7 Å². The highest BCUT2D eigenvalue weighted by Crippen LogP contribution is 2.25. The van der Waals surface area contributed by atoms with E-state index in [1.807, 2.05) is 13.0 Å². The number of benzene rings is 1. The van der Waals surface area contributed by atoms with Crippen LogP contribution < -0.4 is 10.1 Å². The standard InChI is InChI=1S/C14H17ClFNO/c1-10(7-15)9-18-14-11(3-2-4-13(14)16)8-17-12-5-6-12/h2-4,7,12,17H,5-6,8-9H2,1H3/b10-7-. The molecule has 18 heavy (non-hydrogen) atoms. The highest BCUT2D eigenvalue weighted by Gasteiger charge is 2.21. The summed E-state index contributed by atoms with van der Waals surface area (Å²) in [6.45, 7) is 2.79. The molecule has 4 heteroatoms. The number of hydrogen-bond acceptors (Lipinski definition) is 2. The van der Waals surface area contributed by atoms with Crippen molar-refractivity contribution in [1.82, 2.24) is 5.32 Å². The Morgan fingerprint density at radius 3 is 3.00 bits per heavy atom. The molecule has 1 N–H and O–H groups in total. The van der Waals surface area contributed by atoms with E-state index in [0.29, 0.717) is 24.9 Å². The van der Waals surface area contributed by atoms with Crippen LogP contribution in [0.1, 0.15) is 25.3 Å². The van der Waals surface area contributed by atoms with Gasteiger partial charge in [-0.2, -0.15) is 0 Å². The van der Waals surface area contributed by atoms with Gasteiger partial charge in [0.15, 0.2) is 11.6 Å². The van der Waals surface area contributed by atoms with E-state index in [-0.39, 0.29) is 5.82 Å². The van der Waals surface area contributed by atoms with E-state index >= 15 is 0 Å². The van der Waals surface area contributed by atoms with E-state index in [1.165, 1.54) is 24.4 Å². The zero-order valence-corrected chi connectivity index (χ0v) is 11.1. The molecule has 2 nitrogen and oxygen atoms in total. The van der Waals surface area contributed by atoms with Gasteiger partial charge in [-0.3, -0.25) is 0 Å². The average Bonchev–Trinajstić information content (AvgIpc) is 3.18. The second kappa shape index (κ2) is 6.21. The first-order chi connectivity index (χ1) is 8.70. The Morgan fingerprint density at radius 2 is 2.33 bits per heavy atom. The Bertz CT molecular complexity index is 443. The lowest BCUT2D eigenvalue weighted by atomic mass is 10.2. The first kappa shape index (κ1) is 13.4. The van der Waals surface area contributed by atoms with Gasteiger partial charge in [0.2, 0.25) is 0 Å². The summed E-state index contributed by atoms with van der Waals surface area (Å²) in [6, 6.07) is 5.59. The van der Waals surface area contributed by atoms with E-state index in [0.717, 1.165) is 11.1 Å². The van der Waals surface area contributed by atoms with Gasteiger partial charge in [-0.25, -0.2) is 4.39 Å². The molecule has 0 atom stereocenters. The van der Waals surface area contributed by atoms with Gasteiger partial charge in [0.1, 0.15) is 6.61 Å². The summed E-state index contributed by atoms with van der Waals surface area (Å²) in [4.78, 5) is 0. The zero-order chi connectivity index (χ0) is 13.0. The summed E-state index contributed by atoms with van der Waals surface area (Å²) < 4.78 is 19.2. The quantitative estimate of drug-likeness (QED) is 0.852. The van der Waals surface area contributed by atoms with Crippen molar-refractivity contribution in [1.29, 1.82) is 0 Å². The molecule has 1 fully saturated rings. The Kier molecular flexibility index (Phi) is 4.61. The lowest BCUT2D eigenvalue weighted by Gasteiger charge is -2.13. The van der Waals surface area contributed by atoms with Crippen LogP contribution in [-0.2, 0) is 6.54 Å². The third-order valence-corrected chi connectivity index (χ3v) is 3.21. The summed E-state index contributed by atoms with van der Waals surface area (Å²) in [5.74, 6) is -0.00372. The lowest BCUT2D eigenvalue weighted by Crippen LogP contribution is -2.16. The summed E-state index contributed by atoms with van der Waals surface area (Å²) in [5.41, 5.74) is 3.16. The SMILES string of the molecule is C/C(=C/Cl)COc1c(F)cccc1CNC1CC1.